The van der Waals surface area contributed by atoms with Crippen LogP contribution < -0.4 is 40.0 Å². The van der Waals surface area contributed by atoms with Gasteiger partial charge in [0, 0.05) is 6.42 Å². The quantitative estimate of drug-likeness (QED) is 0.336. The number of carboxylic acid groups (broad SMARTS) is 1. The molecule has 1 atom stereocenters. The van der Waals surface area contributed by atoms with Gasteiger partial charge in [-0.3, -0.25) is 4.79 Å². The van der Waals surface area contributed by atoms with E-state index in [9.17, 15) is 14.7 Å². The number of unbranched alkanes of at least 4 members (excludes halogenated alkanes) is 10. The van der Waals surface area contributed by atoms with Crippen LogP contribution in [0, 0.1) is 0 Å². The van der Waals surface area contributed by atoms with Gasteiger partial charge in [-0.15, -0.1) is 0 Å². The second-order valence-electron chi connectivity index (χ2n) is 7.41. The molecule has 1 aromatic carbocycles. The van der Waals surface area contributed by atoms with Gasteiger partial charge in [-0.2, -0.15) is 0 Å². The summed E-state index contributed by atoms with van der Waals surface area (Å²) in [4.78, 5) is 23.3. The zero-order chi connectivity index (χ0) is 19.7. The fraction of sp³-hybridized carbons (Fsp3) is 0.652. The van der Waals surface area contributed by atoms with Crippen molar-refractivity contribution in [3.8, 4) is 0 Å². The maximum atomic E-state index is 12.0. The van der Waals surface area contributed by atoms with Crippen LogP contribution in [0.2, 0.25) is 0 Å². The fourth-order valence-corrected chi connectivity index (χ4v) is 3.26. The topological polar surface area (TPSA) is 69.2 Å². The van der Waals surface area contributed by atoms with E-state index in [0.29, 0.717) is 6.42 Å². The Morgan fingerprint density at radius 2 is 1.36 bits per heavy atom. The molecule has 0 aromatic heterocycles. The van der Waals surface area contributed by atoms with Crippen molar-refractivity contribution in [1.82, 2.24) is 5.32 Å². The van der Waals surface area contributed by atoms with E-state index in [2.05, 4.69) is 12.2 Å². The molecule has 0 unspecified atom stereocenters. The number of aliphatic carboxylic acids is 1. The molecule has 1 N–H and O–H groups in total. The predicted molar refractivity (Wildman–Crippen MR) is 108 cm³/mol. The average Bonchev–Trinajstić information content (AvgIpc) is 2.66. The molecule has 1 amide bonds. The van der Waals surface area contributed by atoms with Crippen LogP contribution in [-0.2, 0) is 16.0 Å². The summed E-state index contributed by atoms with van der Waals surface area (Å²) in [5, 5.41) is 13.9. The summed E-state index contributed by atoms with van der Waals surface area (Å²) >= 11 is 0. The predicted octanol–water partition coefficient (Wildman–Crippen LogP) is 1.17. The molecular weight excluding hydrogens is 361 g/mol. The van der Waals surface area contributed by atoms with E-state index in [0.717, 1.165) is 24.8 Å². The van der Waals surface area contributed by atoms with Gasteiger partial charge in [-0.05, 0) is 18.4 Å². The van der Waals surface area contributed by atoms with Gasteiger partial charge >= 0.3 is 29.6 Å². The number of nitrogens with one attached hydrogen (secondary N) is 1. The Bertz CT molecular complexity index is 522. The molecule has 0 bridgehead atoms. The molecule has 1 rings (SSSR count). The number of amides is 1. The molecule has 0 radical (unpaired) electrons. The van der Waals surface area contributed by atoms with Crippen LogP contribution >= 0.6 is 0 Å². The molecule has 0 aliphatic carbocycles. The molecule has 1 aromatic rings. The third-order valence-electron chi connectivity index (χ3n) is 4.91. The summed E-state index contributed by atoms with van der Waals surface area (Å²) in [7, 11) is 0. The largest absolute Gasteiger partial charge is 1.00 e. The SMILES string of the molecule is CCCCCCCCCCCCCC(=O)N[C@@H](Cc1ccccc1)C(=O)[O-].[Na+]. The molecule has 0 heterocycles. The fourth-order valence-electron chi connectivity index (χ4n) is 3.26. The van der Waals surface area contributed by atoms with Crippen molar-refractivity contribution in [3.05, 3.63) is 35.9 Å². The Kier molecular flexibility index (Phi) is 17.7. The van der Waals surface area contributed by atoms with Crippen LogP contribution in [0.25, 0.3) is 0 Å². The maximum Gasteiger partial charge on any atom is 1.00 e. The number of carboxylic acids is 1. The first-order valence-corrected chi connectivity index (χ1v) is 10.7. The number of carbonyl (C=O) groups excluding carboxylic acids is 2. The molecule has 4 nitrogen and oxygen atoms in total. The van der Waals surface area contributed by atoms with Gasteiger partial charge in [-0.1, -0.05) is 101 Å². The van der Waals surface area contributed by atoms with Crippen LogP contribution in [-0.4, -0.2) is 17.9 Å². The van der Waals surface area contributed by atoms with Crippen molar-refractivity contribution in [2.75, 3.05) is 0 Å². The second kappa shape index (κ2) is 18.2. The number of hydrogen-bond donors (Lipinski definition) is 1. The Labute approximate surface area is 193 Å². The van der Waals surface area contributed by atoms with Crippen LogP contribution in [0.15, 0.2) is 30.3 Å². The molecule has 28 heavy (non-hydrogen) atoms. The molecule has 0 saturated carbocycles. The minimum absolute atomic E-state index is 0. The van der Waals surface area contributed by atoms with Crippen LogP contribution in [0.5, 0.6) is 0 Å². The van der Waals surface area contributed by atoms with Gasteiger partial charge in [0.25, 0.3) is 0 Å². The summed E-state index contributed by atoms with van der Waals surface area (Å²) in [6.07, 6.45) is 14.2. The third-order valence-corrected chi connectivity index (χ3v) is 4.91. The van der Waals surface area contributed by atoms with Gasteiger partial charge in [0.15, 0.2) is 0 Å². The van der Waals surface area contributed by atoms with Crippen molar-refractivity contribution < 1.29 is 44.3 Å². The van der Waals surface area contributed by atoms with Gasteiger partial charge in [0.2, 0.25) is 5.91 Å². The molecular formula is C23H36NNaO3. The van der Waals surface area contributed by atoms with Gasteiger partial charge in [0.1, 0.15) is 0 Å². The molecule has 5 heteroatoms. The third kappa shape index (κ3) is 14.2. The van der Waals surface area contributed by atoms with E-state index in [1.807, 2.05) is 30.3 Å². The van der Waals surface area contributed by atoms with Crippen molar-refractivity contribution in [2.24, 2.45) is 0 Å². The second-order valence-corrected chi connectivity index (χ2v) is 7.41. The molecule has 0 saturated heterocycles. The maximum absolute atomic E-state index is 12.0. The number of hydrogen-bond acceptors (Lipinski definition) is 3. The molecule has 0 fully saturated rings. The first kappa shape index (κ1) is 27.2. The molecule has 0 aliphatic rings. The summed E-state index contributed by atoms with van der Waals surface area (Å²) in [6.45, 7) is 2.24. The minimum atomic E-state index is -1.23. The van der Waals surface area contributed by atoms with Crippen molar-refractivity contribution in [2.45, 2.75) is 96.4 Å². The summed E-state index contributed by atoms with van der Waals surface area (Å²) in [5.41, 5.74) is 0.877. The van der Waals surface area contributed by atoms with E-state index in [1.165, 1.54) is 51.4 Å². The van der Waals surface area contributed by atoms with E-state index >= 15 is 0 Å². The van der Waals surface area contributed by atoms with Crippen LogP contribution in [0.1, 0.15) is 89.5 Å². The molecule has 0 spiro atoms. The van der Waals surface area contributed by atoms with Crippen molar-refractivity contribution in [3.63, 3.8) is 0 Å². The first-order chi connectivity index (χ1) is 13.1. The zero-order valence-electron chi connectivity index (χ0n) is 17.9. The number of benzene rings is 1. The Balaban J connectivity index is 0.00000729. The van der Waals surface area contributed by atoms with Gasteiger partial charge in [0.05, 0.1) is 12.0 Å². The minimum Gasteiger partial charge on any atom is -0.548 e. The Morgan fingerprint density at radius 1 is 0.857 bits per heavy atom. The monoisotopic (exact) mass is 397 g/mol. The van der Waals surface area contributed by atoms with E-state index in [4.69, 9.17) is 0 Å². The standard InChI is InChI=1S/C23H37NO3.Na/c1-2-3-4-5-6-7-8-9-10-11-15-18-22(25)24-21(23(26)27)19-20-16-13-12-14-17-20;/h12-14,16-17,21H,2-11,15,18-19H2,1H3,(H,24,25)(H,26,27);/q;+1/p-1/t21-;/m0./s1. The number of rotatable bonds is 16. The molecule has 0 aliphatic heterocycles. The summed E-state index contributed by atoms with van der Waals surface area (Å²) < 4.78 is 0. The zero-order valence-corrected chi connectivity index (χ0v) is 19.9. The Hall–Kier alpha value is -0.840. The van der Waals surface area contributed by atoms with E-state index in [1.54, 1.807) is 0 Å². The summed E-state index contributed by atoms with van der Waals surface area (Å²) in [5.74, 6) is -1.43. The van der Waals surface area contributed by atoms with E-state index < -0.39 is 12.0 Å². The van der Waals surface area contributed by atoms with Crippen molar-refractivity contribution in [1.29, 1.82) is 0 Å². The van der Waals surface area contributed by atoms with E-state index in [-0.39, 0.29) is 41.9 Å². The summed E-state index contributed by atoms with van der Waals surface area (Å²) in [6, 6.07) is 8.33. The average molecular weight is 398 g/mol. The van der Waals surface area contributed by atoms with Crippen LogP contribution in [0.4, 0.5) is 0 Å². The van der Waals surface area contributed by atoms with Crippen molar-refractivity contribution >= 4 is 11.9 Å². The molecule has 152 valence electrons. The van der Waals surface area contributed by atoms with Crippen LogP contribution in [0.3, 0.4) is 0 Å². The van der Waals surface area contributed by atoms with Gasteiger partial charge < -0.3 is 15.2 Å². The first-order valence-electron chi connectivity index (χ1n) is 10.7. The number of carbonyl (C=O) groups is 2. The van der Waals surface area contributed by atoms with Gasteiger partial charge in [-0.25, -0.2) is 0 Å². The Morgan fingerprint density at radius 3 is 1.86 bits per heavy atom. The normalized spacial score (nSPS) is 11.5. The smallest absolute Gasteiger partial charge is 0.548 e.